The van der Waals surface area contributed by atoms with E-state index in [9.17, 15) is 4.79 Å². The second-order valence-corrected chi connectivity index (χ2v) is 7.57. The lowest BCUT2D eigenvalue weighted by atomic mass is 10.1. The molecule has 0 saturated carbocycles. The monoisotopic (exact) mass is 434 g/mol. The molecule has 1 aromatic heterocycles. The van der Waals surface area contributed by atoms with Crippen LogP contribution in [0.1, 0.15) is 34.2 Å². The molecule has 0 aliphatic carbocycles. The minimum atomic E-state index is -0.00202. The molecule has 0 radical (unpaired) electrons. The van der Waals surface area contributed by atoms with Gasteiger partial charge in [-0.25, -0.2) is 0 Å². The third-order valence-electron chi connectivity index (χ3n) is 4.98. The quantitative estimate of drug-likeness (QED) is 0.418. The van der Waals surface area contributed by atoms with Crippen molar-refractivity contribution in [2.45, 2.75) is 26.3 Å². The number of carbonyl (C=O) groups is 1. The van der Waals surface area contributed by atoms with Crippen LogP contribution in [-0.2, 0) is 19.4 Å². The van der Waals surface area contributed by atoms with Gasteiger partial charge in [-0.15, -0.1) is 0 Å². The molecule has 0 saturated heterocycles. The molecule has 1 heterocycles. The van der Waals surface area contributed by atoms with E-state index < -0.39 is 0 Å². The van der Waals surface area contributed by atoms with E-state index in [2.05, 4.69) is 37.9 Å². The van der Waals surface area contributed by atoms with Gasteiger partial charge in [-0.05, 0) is 41.8 Å². The number of aromatic nitrogens is 2. The highest BCUT2D eigenvalue weighted by Gasteiger charge is 2.08. The number of nitrogens with zero attached hydrogens (tertiary/aromatic N) is 4. The van der Waals surface area contributed by atoms with Gasteiger partial charge in [0.2, 0.25) is 0 Å². The van der Waals surface area contributed by atoms with Gasteiger partial charge in [0.1, 0.15) is 0 Å². The molecule has 0 aliphatic heterocycles. The lowest BCUT2D eigenvalue weighted by Gasteiger charge is -2.13. The summed E-state index contributed by atoms with van der Waals surface area (Å²) in [7, 11) is 5.24. The van der Waals surface area contributed by atoms with E-state index in [0.29, 0.717) is 23.8 Å². The first kappa shape index (κ1) is 23.0. The number of guanidine groups is 1. The molecule has 168 valence electrons. The first-order chi connectivity index (χ1) is 15.5. The maximum atomic E-state index is 12.0. The van der Waals surface area contributed by atoms with Crippen LogP contribution in [0, 0.1) is 0 Å². The van der Waals surface area contributed by atoms with Crippen molar-refractivity contribution >= 4 is 11.9 Å². The number of nitrogens with one attached hydrogen (secondary N) is 2. The van der Waals surface area contributed by atoms with Crippen molar-refractivity contribution < 1.29 is 9.32 Å². The maximum Gasteiger partial charge on any atom is 0.257 e. The minimum Gasteiger partial charge on any atom is -0.356 e. The zero-order chi connectivity index (χ0) is 22.9. The molecule has 0 fully saturated rings. The molecule has 32 heavy (non-hydrogen) atoms. The highest BCUT2D eigenvalue weighted by molar-refractivity contribution is 5.93. The summed E-state index contributed by atoms with van der Waals surface area (Å²) >= 11 is 0. The average Bonchev–Trinajstić information content (AvgIpc) is 3.31. The second-order valence-electron chi connectivity index (χ2n) is 7.57. The molecule has 1 amide bonds. The van der Waals surface area contributed by atoms with Gasteiger partial charge in [-0.3, -0.25) is 9.79 Å². The molecule has 3 aromatic rings. The molecule has 0 bridgehead atoms. The standard InChI is InChI=1S/C24H30N6O2/c1-5-21-28-22(32-29-21)19-10-6-17(7-11-19)14-15-26-24(25-2)27-16-18-8-12-20(13-9-18)23(31)30(3)4/h6-13H,5,14-16H2,1-4H3,(H2,25,26,27). The Morgan fingerprint density at radius 2 is 1.72 bits per heavy atom. The van der Waals surface area contributed by atoms with Gasteiger partial charge in [0.05, 0.1) is 0 Å². The number of carbonyl (C=O) groups excluding carboxylic acids is 1. The fourth-order valence-corrected chi connectivity index (χ4v) is 3.08. The topological polar surface area (TPSA) is 95.7 Å². The SMILES string of the molecule is CCc1noc(-c2ccc(CCNC(=NC)NCc3ccc(C(=O)N(C)C)cc3)cc2)n1. The molecule has 0 unspecified atom stereocenters. The van der Waals surface area contributed by atoms with Crippen molar-refractivity contribution in [1.29, 1.82) is 0 Å². The fourth-order valence-electron chi connectivity index (χ4n) is 3.08. The van der Waals surface area contributed by atoms with Crippen molar-refractivity contribution in [1.82, 2.24) is 25.7 Å². The van der Waals surface area contributed by atoms with Crippen LogP contribution in [0.5, 0.6) is 0 Å². The predicted octanol–water partition coefficient (Wildman–Crippen LogP) is 2.91. The van der Waals surface area contributed by atoms with Gasteiger partial charge < -0.3 is 20.1 Å². The minimum absolute atomic E-state index is 0.00202. The Morgan fingerprint density at radius 3 is 2.31 bits per heavy atom. The van der Waals surface area contributed by atoms with E-state index in [1.807, 2.05) is 43.3 Å². The number of hydrogen-bond acceptors (Lipinski definition) is 5. The Bertz CT molecular complexity index is 1040. The van der Waals surface area contributed by atoms with Crippen molar-refractivity contribution in [3.8, 4) is 11.5 Å². The van der Waals surface area contributed by atoms with Crippen LogP contribution in [0.15, 0.2) is 58.0 Å². The maximum absolute atomic E-state index is 12.0. The number of aliphatic imine (C=N–C) groups is 1. The highest BCUT2D eigenvalue weighted by Crippen LogP contribution is 2.18. The third kappa shape index (κ3) is 6.16. The molecule has 0 spiro atoms. The van der Waals surface area contributed by atoms with Crippen LogP contribution < -0.4 is 10.6 Å². The summed E-state index contributed by atoms with van der Waals surface area (Å²) in [6, 6.07) is 15.7. The van der Waals surface area contributed by atoms with E-state index in [1.54, 1.807) is 26.0 Å². The molecule has 3 rings (SSSR count). The molecular formula is C24H30N6O2. The number of benzene rings is 2. The number of hydrogen-bond donors (Lipinski definition) is 2. The summed E-state index contributed by atoms with van der Waals surface area (Å²) < 4.78 is 5.28. The number of amides is 1. The smallest absolute Gasteiger partial charge is 0.257 e. The summed E-state index contributed by atoms with van der Waals surface area (Å²) in [6.45, 7) is 3.36. The van der Waals surface area contributed by atoms with E-state index in [1.165, 1.54) is 5.56 Å². The van der Waals surface area contributed by atoms with Crippen LogP contribution in [0.2, 0.25) is 0 Å². The van der Waals surface area contributed by atoms with Gasteiger partial charge in [0.25, 0.3) is 11.8 Å². The largest absolute Gasteiger partial charge is 0.356 e. The Kier molecular flexibility index (Phi) is 7.96. The first-order valence-corrected chi connectivity index (χ1v) is 10.7. The Hall–Kier alpha value is -3.68. The molecule has 8 heteroatoms. The van der Waals surface area contributed by atoms with Crippen molar-refractivity contribution in [3.63, 3.8) is 0 Å². The van der Waals surface area contributed by atoms with E-state index in [4.69, 9.17) is 4.52 Å². The summed E-state index contributed by atoms with van der Waals surface area (Å²) in [4.78, 5) is 22.2. The van der Waals surface area contributed by atoms with E-state index in [0.717, 1.165) is 36.5 Å². The average molecular weight is 435 g/mol. The normalized spacial score (nSPS) is 11.3. The van der Waals surface area contributed by atoms with Crippen LogP contribution in [0.25, 0.3) is 11.5 Å². The third-order valence-corrected chi connectivity index (χ3v) is 4.98. The summed E-state index contributed by atoms with van der Waals surface area (Å²) in [6.07, 6.45) is 1.61. The lowest BCUT2D eigenvalue weighted by molar-refractivity contribution is 0.0827. The molecule has 0 atom stereocenters. The predicted molar refractivity (Wildman–Crippen MR) is 125 cm³/mol. The Labute approximate surface area is 188 Å². The zero-order valence-corrected chi connectivity index (χ0v) is 19.1. The summed E-state index contributed by atoms with van der Waals surface area (Å²) in [5.74, 6) is 1.99. The number of aryl methyl sites for hydroxylation is 1. The van der Waals surface area contributed by atoms with Crippen LogP contribution in [0.4, 0.5) is 0 Å². The summed E-state index contributed by atoms with van der Waals surface area (Å²) in [5, 5.41) is 10.6. The van der Waals surface area contributed by atoms with E-state index >= 15 is 0 Å². The van der Waals surface area contributed by atoms with Gasteiger partial charge >= 0.3 is 0 Å². The molecular weight excluding hydrogens is 404 g/mol. The fraction of sp³-hybridized carbons (Fsp3) is 0.333. The zero-order valence-electron chi connectivity index (χ0n) is 19.1. The second kappa shape index (κ2) is 11.1. The Morgan fingerprint density at radius 1 is 1.03 bits per heavy atom. The highest BCUT2D eigenvalue weighted by atomic mass is 16.5. The number of rotatable bonds is 8. The Balaban J connectivity index is 1.45. The first-order valence-electron chi connectivity index (χ1n) is 10.7. The van der Waals surface area contributed by atoms with E-state index in [-0.39, 0.29) is 5.91 Å². The van der Waals surface area contributed by atoms with Crippen molar-refractivity contribution in [3.05, 3.63) is 71.0 Å². The van der Waals surface area contributed by atoms with Crippen LogP contribution in [0.3, 0.4) is 0 Å². The molecule has 2 aromatic carbocycles. The molecule has 0 aliphatic rings. The van der Waals surface area contributed by atoms with Gasteiger partial charge in [-0.2, -0.15) is 4.98 Å². The van der Waals surface area contributed by atoms with Gasteiger partial charge in [0.15, 0.2) is 11.8 Å². The van der Waals surface area contributed by atoms with Crippen LogP contribution in [-0.4, -0.2) is 54.6 Å². The molecule has 8 nitrogen and oxygen atoms in total. The summed E-state index contributed by atoms with van der Waals surface area (Å²) in [5.41, 5.74) is 3.88. The van der Waals surface area contributed by atoms with Gasteiger partial charge in [-0.1, -0.05) is 36.3 Å². The van der Waals surface area contributed by atoms with Gasteiger partial charge in [0, 0.05) is 51.8 Å². The van der Waals surface area contributed by atoms with Crippen molar-refractivity contribution in [2.75, 3.05) is 27.7 Å². The van der Waals surface area contributed by atoms with Crippen LogP contribution >= 0.6 is 0 Å². The lowest BCUT2D eigenvalue weighted by Crippen LogP contribution is -2.37. The van der Waals surface area contributed by atoms with Crippen molar-refractivity contribution in [2.24, 2.45) is 4.99 Å². The molecule has 2 N–H and O–H groups in total.